The molecule has 0 aliphatic carbocycles. The molecule has 0 radical (unpaired) electrons. The van der Waals surface area contributed by atoms with Crippen molar-refractivity contribution in [1.82, 2.24) is 9.97 Å². The Balaban J connectivity index is 1.46. The van der Waals surface area contributed by atoms with Gasteiger partial charge in [0.15, 0.2) is 0 Å². The highest BCUT2D eigenvalue weighted by atomic mass is 14.9. The second-order valence-electron chi connectivity index (χ2n) is 9.62. The van der Waals surface area contributed by atoms with Crippen molar-refractivity contribution in [2.75, 3.05) is 10.6 Å². The van der Waals surface area contributed by atoms with E-state index in [9.17, 15) is 0 Å². The van der Waals surface area contributed by atoms with Gasteiger partial charge in [-0.25, -0.2) is 0 Å². The van der Waals surface area contributed by atoms with Crippen molar-refractivity contribution in [3.05, 3.63) is 107 Å². The number of rotatable bonds is 4. The number of nitrogens with zero attached hydrogens (tertiary/aromatic N) is 2. The highest BCUT2D eigenvalue weighted by Crippen LogP contribution is 2.36. The van der Waals surface area contributed by atoms with Gasteiger partial charge in [0.05, 0.1) is 11.0 Å². The number of aryl methyl sites for hydroxylation is 4. The van der Waals surface area contributed by atoms with Crippen LogP contribution in [0.25, 0.3) is 32.6 Å². The lowest BCUT2D eigenvalue weighted by Crippen LogP contribution is -1.98. The summed E-state index contributed by atoms with van der Waals surface area (Å²) >= 11 is 0. The average Bonchev–Trinajstić information content (AvgIpc) is 2.85. The van der Waals surface area contributed by atoms with Gasteiger partial charge in [0.2, 0.25) is 0 Å². The molecule has 2 heterocycles. The molecule has 0 saturated heterocycles. The molecule has 0 aliphatic rings. The molecule has 0 saturated carbocycles. The molecule has 2 aromatic heterocycles. The van der Waals surface area contributed by atoms with Crippen molar-refractivity contribution in [2.24, 2.45) is 0 Å². The molecule has 0 spiro atoms. The van der Waals surface area contributed by atoms with Gasteiger partial charge in [-0.1, -0.05) is 47.5 Å². The molecule has 0 amide bonds. The SMILES string of the molecule is Cc1ccc2nc(C)cc(Nc3cccc4c(Nc5cc(C)nc6ccc(C)cc56)cccc34)c2c1. The Morgan fingerprint density at radius 3 is 1.33 bits per heavy atom. The van der Waals surface area contributed by atoms with Crippen molar-refractivity contribution >= 4 is 55.3 Å². The quantitative estimate of drug-likeness (QED) is 0.272. The molecule has 0 fully saturated rings. The minimum absolute atomic E-state index is 0.992. The van der Waals surface area contributed by atoms with Crippen molar-refractivity contribution < 1.29 is 0 Å². The summed E-state index contributed by atoms with van der Waals surface area (Å²) in [5, 5.41) is 12.0. The summed E-state index contributed by atoms with van der Waals surface area (Å²) < 4.78 is 0. The summed E-state index contributed by atoms with van der Waals surface area (Å²) in [5.74, 6) is 0. The summed E-state index contributed by atoms with van der Waals surface area (Å²) in [6.45, 7) is 8.31. The number of pyridine rings is 2. The van der Waals surface area contributed by atoms with Gasteiger partial charge in [0.25, 0.3) is 0 Å². The van der Waals surface area contributed by atoms with Crippen LogP contribution in [0.2, 0.25) is 0 Å². The molecule has 4 aromatic carbocycles. The molecule has 0 unspecified atom stereocenters. The Morgan fingerprint density at radius 1 is 0.444 bits per heavy atom. The lowest BCUT2D eigenvalue weighted by Gasteiger charge is -2.16. The number of aromatic nitrogens is 2. The maximum atomic E-state index is 4.73. The molecular weight excluding hydrogens is 440 g/mol. The Kier molecular flexibility index (Phi) is 5.30. The standard InChI is InChI=1S/C32H28N4/c1-19-11-13-29-25(15-19)31(17-21(3)33-29)35-27-9-5-8-24-23(27)7-6-10-28(24)36-32-18-22(4)34-30-14-12-20(2)16-26(30)32/h5-18H,1-4H3,(H,33,35)(H,34,36). The second kappa shape index (κ2) is 8.65. The zero-order valence-electron chi connectivity index (χ0n) is 21.0. The van der Waals surface area contributed by atoms with Crippen molar-refractivity contribution in [1.29, 1.82) is 0 Å². The highest BCUT2D eigenvalue weighted by Gasteiger charge is 2.11. The Bertz CT molecular complexity index is 1650. The van der Waals surface area contributed by atoms with E-state index in [1.165, 1.54) is 11.1 Å². The number of hydrogen-bond donors (Lipinski definition) is 2. The van der Waals surface area contributed by atoms with Crippen LogP contribution in [0.1, 0.15) is 22.5 Å². The molecule has 4 heteroatoms. The maximum absolute atomic E-state index is 4.73. The van der Waals surface area contributed by atoms with E-state index in [-0.39, 0.29) is 0 Å². The third kappa shape index (κ3) is 4.01. The molecule has 0 aliphatic heterocycles. The van der Waals surface area contributed by atoms with Crippen LogP contribution < -0.4 is 10.6 Å². The smallest absolute Gasteiger partial charge is 0.0726 e. The zero-order valence-corrected chi connectivity index (χ0v) is 21.0. The summed E-state index contributed by atoms with van der Waals surface area (Å²) in [6.07, 6.45) is 0. The Hall–Kier alpha value is -4.44. The number of nitrogens with one attached hydrogen (secondary N) is 2. The average molecular weight is 469 g/mol. The first-order chi connectivity index (χ1) is 17.4. The monoisotopic (exact) mass is 468 g/mol. The molecule has 0 atom stereocenters. The molecule has 4 nitrogen and oxygen atoms in total. The van der Waals surface area contributed by atoms with E-state index in [2.05, 4.69) is 109 Å². The van der Waals surface area contributed by atoms with Gasteiger partial charge in [0.1, 0.15) is 0 Å². The van der Waals surface area contributed by atoms with Crippen LogP contribution in [0.4, 0.5) is 22.7 Å². The summed E-state index contributed by atoms with van der Waals surface area (Å²) in [4.78, 5) is 9.45. The molecular formula is C32H28N4. The normalized spacial score (nSPS) is 11.3. The minimum atomic E-state index is 0.992. The van der Waals surface area contributed by atoms with E-state index in [1.54, 1.807) is 0 Å². The lowest BCUT2D eigenvalue weighted by molar-refractivity contribution is 1.25. The van der Waals surface area contributed by atoms with Crippen LogP contribution >= 0.6 is 0 Å². The Morgan fingerprint density at radius 2 is 0.889 bits per heavy atom. The first-order valence-electron chi connectivity index (χ1n) is 12.3. The molecule has 0 bridgehead atoms. The molecule has 36 heavy (non-hydrogen) atoms. The summed E-state index contributed by atoms with van der Waals surface area (Å²) in [6, 6.07) is 29.9. The number of fused-ring (bicyclic) bond motifs is 3. The highest BCUT2D eigenvalue weighted by molar-refractivity contribution is 6.06. The van der Waals surface area contributed by atoms with Gasteiger partial charge in [-0.15, -0.1) is 0 Å². The van der Waals surface area contributed by atoms with Crippen molar-refractivity contribution in [3.8, 4) is 0 Å². The topological polar surface area (TPSA) is 49.8 Å². The van der Waals surface area contributed by atoms with Crippen LogP contribution in [0.3, 0.4) is 0 Å². The van der Waals surface area contributed by atoms with Gasteiger partial charge >= 0.3 is 0 Å². The fourth-order valence-corrected chi connectivity index (χ4v) is 4.97. The van der Waals surface area contributed by atoms with Crippen molar-refractivity contribution in [3.63, 3.8) is 0 Å². The lowest BCUT2D eigenvalue weighted by atomic mass is 10.0. The van der Waals surface area contributed by atoms with Crippen LogP contribution in [-0.2, 0) is 0 Å². The molecule has 6 aromatic rings. The summed E-state index contributed by atoms with van der Waals surface area (Å²) in [7, 11) is 0. The zero-order chi connectivity index (χ0) is 24.8. The summed E-state index contributed by atoms with van der Waals surface area (Å²) in [5.41, 5.74) is 10.7. The largest absolute Gasteiger partial charge is 0.354 e. The predicted molar refractivity (Wildman–Crippen MR) is 153 cm³/mol. The fraction of sp³-hybridized carbons (Fsp3) is 0.125. The number of anilines is 4. The molecule has 6 rings (SSSR count). The van der Waals surface area contributed by atoms with Crippen LogP contribution in [0.5, 0.6) is 0 Å². The van der Waals surface area contributed by atoms with Gasteiger partial charge < -0.3 is 10.6 Å². The van der Waals surface area contributed by atoms with Gasteiger partial charge in [0, 0.05) is 55.7 Å². The number of hydrogen-bond acceptors (Lipinski definition) is 4. The Labute approximate surface area is 211 Å². The first-order valence-corrected chi connectivity index (χ1v) is 12.3. The molecule has 176 valence electrons. The fourth-order valence-electron chi connectivity index (χ4n) is 4.97. The van der Waals surface area contributed by atoms with Gasteiger partial charge in [-0.3, -0.25) is 9.97 Å². The van der Waals surface area contributed by atoms with E-state index in [0.717, 1.165) is 66.7 Å². The minimum Gasteiger partial charge on any atom is -0.354 e. The van der Waals surface area contributed by atoms with E-state index < -0.39 is 0 Å². The van der Waals surface area contributed by atoms with Gasteiger partial charge in [-0.05, 0) is 76.2 Å². The third-order valence-corrected chi connectivity index (χ3v) is 6.65. The van der Waals surface area contributed by atoms with E-state index in [0.29, 0.717) is 0 Å². The van der Waals surface area contributed by atoms with E-state index in [1.807, 2.05) is 13.8 Å². The van der Waals surface area contributed by atoms with Crippen LogP contribution in [-0.4, -0.2) is 9.97 Å². The second-order valence-corrected chi connectivity index (χ2v) is 9.62. The van der Waals surface area contributed by atoms with Crippen LogP contribution in [0.15, 0.2) is 84.9 Å². The predicted octanol–water partition coefficient (Wildman–Crippen LogP) is 8.66. The molecule has 2 N–H and O–H groups in total. The van der Waals surface area contributed by atoms with Gasteiger partial charge in [-0.2, -0.15) is 0 Å². The maximum Gasteiger partial charge on any atom is 0.0726 e. The number of benzene rings is 4. The van der Waals surface area contributed by atoms with E-state index in [4.69, 9.17) is 9.97 Å². The first kappa shape index (κ1) is 22.1. The van der Waals surface area contributed by atoms with Crippen molar-refractivity contribution in [2.45, 2.75) is 27.7 Å². The van der Waals surface area contributed by atoms with Crippen LogP contribution in [0, 0.1) is 27.7 Å². The third-order valence-electron chi connectivity index (χ3n) is 6.65. The van der Waals surface area contributed by atoms with E-state index >= 15 is 0 Å².